The van der Waals surface area contributed by atoms with Gasteiger partial charge in [0.2, 0.25) is 0 Å². The van der Waals surface area contributed by atoms with Crippen LogP contribution in [-0.2, 0) is 11.3 Å². The second-order valence-corrected chi connectivity index (χ2v) is 7.94. The number of aromatic carboxylic acids is 1. The third-order valence-electron chi connectivity index (χ3n) is 5.99. The maximum atomic E-state index is 13.2. The number of carbonyl (C=O) groups is 2. The molecule has 3 saturated heterocycles. The minimum Gasteiger partial charge on any atom is -0.478 e. The zero-order valence-electron chi connectivity index (χ0n) is 16.6. The Labute approximate surface area is 170 Å². The standard InChI is InChI=1S/C23H26N2O4/c1-16-5-2-3-8-20(16)25(14-17-6-4-7-19(13-17)22(26)27)23(28)29-21-15-24-11-9-18(21)10-12-24/h2-8,13,18,21H,9-12,14-15H2,1H3,(H,26,27)/t21-/m0/s1. The van der Waals surface area contributed by atoms with E-state index in [4.69, 9.17) is 4.74 Å². The highest BCUT2D eigenvalue weighted by Gasteiger charge is 2.37. The zero-order valence-corrected chi connectivity index (χ0v) is 16.6. The summed E-state index contributed by atoms with van der Waals surface area (Å²) in [5, 5.41) is 9.28. The van der Waals surface area contributed by atoms with Gasteiger partial charge in [0, 0.05) is 6.54 Å². The van der Waals surface area contributed by atoms with Crippen LogP contribution in [0.1, 0.15) is 34.3 Å². The quantitative estimate of drug-likeness (QED) is 0.832. The topological polar surface area (TPSA) is 70.1 Å². The first kappa shape index (κ1) is 19.5. The number of anilines is 1. The molecule has 1 N–H and O–H groups in total. The maximum absolute atomic E-state index is 13.2. The minimum atomic E-state index is -0.982. The van der Waals surface area contributed by atoms with Gasteiger partial charge >= 0.3 is 12.1 Å². The van der Waals surface area contributed by atoms with Crippen molar-refractivity contribution in [2.75, 3.05) is 24.5 Å². The van der Waals surface area contributed by atoms with E-state index in [9.17, 15) is 14.7 Å². The molecule has 0 radical (unpaired) electrons. The first-order chi connectivity index (χ1) is 14.0. The predicted molar refractivity (Wildman–Crippen MR) is 110 cm³/mol. The fourth-order valence-corrected chi connectivity index (χ4v) is 4.34. The molecule has 2 aromatic carbocycles. The van der Waals surface area contributed by atoms with Crippen molar-refractivity contribution in [1.29, 1.82) is 0 Å². The molecule has 5 rings (SSSR count). The van der Waals surface area contributed by atoms with Gasteiger partial charge < -0.3 is 9.84 Å². The van der Waals surface area contributed by atoms with E-state index in [1.165, 1.54) is 0 Å². The highest BCUT2D eigenvalue weighted by Crippen LogP contribution is 2.31. The average Bonchev–Trinajstić information content (AvgIpc) is 2.73. The predicted octanol–water partition coefficient (Wildman–Crippen LogP) is 3.93. The van der Waals surface area contributed by atoms with E-state index < -0.39 is 5.97 Å². The molecule has 6 heteroatoms. The number of hydrogen-bond acceptors (Lipinski definition) is 4. The summed E-state index contributed by atoms with van der Waals surface area (Å²) in [5.41, 5.74) is 2.70. The van der Waals surface area contributed by atoms with Crippen LogP contribution in [0.5, 0.6) is 0 Å². The largest absolute Gasteiger partial charge is 0.478 e. The summed E-state index contributed by atoms with van der Waals surface area (Å²) < 4.78 is 5.98. The Bertz CT molecular complexity index is 905. The number of fused-ring (bicyclic) bond motifs is 3. The summed E-state index contributed by atoms with van der Waals surface area (Å²) in [6.45, 7) is 5.18. The molecule has 3 aliphatic rings. The van der Waals surface area contributed by atoms with Crippen LogP contribution in [0.25, 0.3) is 0 Å². The molecule has 2 aromatic rings. The molecule has 1 amide bonds. The molecule has 0 saturated carbocycles. The lowest BCUT2D eigenvalue weighted by Crippen LogP contribution is -2.53. The first-order valence-electron chi connectivity index (χ1n) is 10.1. The van der Waals surface area contributed by atoms with Gasteiger partial charge in [-0.2, -0.15) is 0 Å². The number of amides is 1. The maximum Gasteiger partial charge on any atom is 0.414 e. The molecule has 6 nitrogen and oxygen atoms in total. The Morgan fingerprint density at radius 1 is 1.14 bits per heavy atom. The monoisotopic (exact) mass is 394 g/mol. The van der Waals surface area contributed by atoms with E-state index >= 15 is 0 Å². The fraction of sp³-hybridized carbons (Fsp3) is 0.391. The van der Waals surface area contributed by atoms with Crippen molar-refractivity contribution in [3.8, 4) is 0 Å². The Balaban J connectivity index is 1.58. The number of benzene rings is 2. The number of aryl methyl sites for hydroxylation is 1. The van der Waals surface area contributed by atoms with Gasteiger partial charge in [-0.15, -0.1) is 0 Å². The van der Waals surface area contributed by atoms with Gasteiger partial charge in [-0.1, -0.05) is 30.3 Å². The number of ether oxygens (including phenoxy) is 1. The van der Waals surface area contributed by atoms with Crippen molar-refractivity contribution in [2.45, 2.75) is 32.4 Å². The van der Waals surface area contributed by atoms with Crippen molar-refractivity contribution in [1.82, 2.24) is 4.90 Å². The third-order valence-corrected chi connectivity index (χ3v) is 5.99. The van der Waals surface area contributed by atoms with E-state index in [1.54, 1.807) is 23.1 Å². The van der Waals surface area contributed by atoms with Crippen LogP contribution in [0.15, 0.2) is 48.5 Å². The number of piperidine rings is 3. The summed E-state index contributed by atoms with van der Waals surface area (Å²) in [6, 6.07) is 14.4. The van der Waals surface area contributed by atoms with E-state index in [0.29, 0.717) is 5.92 Å². The van der Waals surface area contributed by atoms with E-state index in [-0.39, 0.29) is 24.3 Å². The number of carboxylic acids is 1. The molecule has 3 fully saturated rings. The summed E-state index contributed by atoms with van der Waals surface area (Å²) in [7, 11) is 0. The summed E-state index contributed by atoms with van der Waals surface area (Å²) in [6.07, 6.45) is 1.69. The number of carboxylic acid groups (broad SMARTS) is 1. The van der Waals surface area contributed by atoms with Gasteiger partial charge in [0.1, 0.15) is 6.10 Å². The van der Waals surface area contributed by atoms with Crippen LogP contribution >= 0.6 is 0 Å². The van der Waals surface area contributed by atoms with Crippen molar-refractivity contribution in [2.24, 2.45) is 5.92 Å². The molecule has 0 unspecified atom stereocenters. The highest BCUT2D eigenvalue weighted by atomic mass is 16.6. The summed E-state index contributed by atoms with van der Waals surface area (Å²) in [4.78, 5) is 28.5. The number of rotatable bonds is 5. The zero-order chi connectivity index (χ0) is 20.4. The molecular formula is C23H26N2O4. The van der Waals surface area contributed by atoms with Crippen LogP contribution < -0.4 is 4.90 Å². The Hall–Kier alpha value is -2.86. The number of nitrogens with zero attached hydrogens (tertiary/aromatic N) is 2. The number of para-hydroxylation sites is 1. The molecular weight excluding hydrogens is 368 g/mol. The van der Waals surface area contributed by atoms with E-state index in [2.05, 4.69) is 4.90 Å². The second kappa shape index (κ2) is 8.25. The Kier molecular flexibility index (Phi) is 5.53. The lowest BCUT2D eigenvalue weighted by atomic mass is 9.86. The van der Waals surface area contributed by atoms with Crippen molar-refractivity contribution in [3.63, 3.8) is 0 Å². The molecule has 0 aliphatic carbocycles. The molecule has 29 heavy (non-hydrogen) atoms. The van der Waals surface area contributed by atoms with E-state index in [1.807, 2.05) is 37.3 Å². The SMILES string of the molecule is Cc1ccccc1N(Cc1cccc(C(=O)O)c1)C(=O)O[C@H]1CN2CCC1CC2. The van der Waals surface area contributed by atoms with Gasteiger partial charge in [-0.05, 0) is 68.1 Å². The minimum absolute atomic E-state index is 0.0816. The van der Waals surface area contributed by atoms with Gasteiger partial charge in [0.05, 0.1) is 17.8 Å². The molecule has 0 spiro atoms. The Morgan fingerprint density at radius 2 is 1.90 bits per heavy atom. The lowest BCUT2D eigenvalue weighted by molar-refractivity contribution is -0.0311. The van der Waals surface area contributed by atoms with Crippen molar-refractivity contribution in [3.05, 3.63) is 65.2 Å². The molecule has 2 bridgehead atoms. The third kappa shape index (κ3) is 4.27. The van der Waals surface area contributed by atoms with Crippen LogP contribution in [0.2, 0.25) is 0 Å². The van der Waals surface area contributed by atoms with E-state index in [0.717, 1.165) is 49.3 Å². The van der Waals surface area contributed by atoms with Crippen LogP contribution in [0.3, 0.4) is 0 Å². The smallest absolute Gasteiger partial charge is 0.414 e. The van der Waals surface area contributed by atoms with Crippen LogP contribution in [-0.4, -0.2) is 47.8 Å². The lowest BCUT2D eigenvalue weighted by Gasteiger charge is -2.44. The van der Waals surface area contributed by atoms with Gasteiger partial charge in [0.25, 0.3) is 0 Å². The van der Waals surface area contributed by atoms with Crippen LogP contribution in [0.4, 0.5) is 10.5 Å². The number of carbonyl (C=O) groups excluding carboxylic acids is 1. The van der Waals surface area contributed by atoms with Crippen LogP contribution in [0, 0.1) is 12.8 Å². The number of hydrogen-bond donors (Lipinski definition) is 1. The first-order valence-corrected chi connectivity index (χ1v) is 10.1. The molecule has 1 atom stereocenters. The van der Waals surface area contributed by atoms with Gasteiger partial charge in [-0.25, -0.2) is 9.59 Å². The normalized spacial score (nSPS) is 22.9. The molecule has 152 valence electrons. The molecule has 3 heterocycles. The summed E-state index contributed by atoms with van der Waals surface area (Å²) >= 11 is 0. The van der Waals surface area contributed by atoms with Crippen molar-refractivity contribution >= 4 is 17.7 Å². The molecule has 3 aliphatic heterocycles. The summed E-state index contributed by atoms with van der Waals surface area (Å²) in [5.74, 6) is -0.554. The van der Waals surface area contributed by atoms with Gasteiger partial charge in [-0.3, -0.25) is 9.80 Å². The molecule has 0 aromatic heterocycles. The Morgan fingerprint density at radius 3 is 2.55 bits per heavy atom. The second-order valence-electron chi connectivity index (χ2n) is 7.94. The fourth-order valence-electron chi connectivity index (χ4n) is 4.34. The van der Waals surface area contributed by atoms with Crippen molar-refractivity contribution < 1.29 is 19.4 Å². The highest BCUT2D eigenvalue weighted by molar-refractivity contribution is 5.89. The van der Waals surface area contributed by atoms with Gasteiger partial charge in [0.15, 0.2) is 0 Å². The average molecular weight is 394 g/mol.